The standard InChI is InChI=1S/C22H43N2/c1-4-7-9-11-13-15-17-22-23(18-6-3)20-21-24(22)19-16-14-12-10-8-5-2/h20-21H,4-19H2,1-3H3/q+1. The van der Waals surface area contributed by atoms with Crippen LogP contribution in [0.25, 0.3) is 0 Å². The first kappa shape index (κ1) is 21.3. The predicted molar refractivity (Wildman–Crippen MR) is 105 cm³/mol. The van der Waals surface area contributed by atoms with E-state index in [1.807, 2.05) is 0 Å². The summed E-state index contributed by atoms with van der Waals surface area (Å²) in [6.07, 6.45) is 23.8. The van der Waals surface area contributed by atoms with Crippen LogP contribution in [0.1, 0.15) is 110 Å². The van der Waals surface area contributed by atoms with Crippen LogP contribution in [-0.2, 0) is 19.5 Å². The van der Waals surface area contributed by atoms with Gasteiger partial charge in [-0.05, 0) is 25.7 Å². The van der Waals surface area contributed by atoms with E-state index in [2.05, 4.69) is 42.3 Å². The zero-order valence-electron chi connectivity index (χ0n) is 16.9. The normalized spacial score (nSPS) is 11.3. The number of aryl methyl sites for hydroxylation is 2. The lowest BCUT2D eigenvalue weighted by molar-refractivity contribution is -0.703. The first-order valence-electron chi connectivity index (χ1n) is 10.9. The number of hydrogen-bond acceptors (Lipinski definition) is 0. The molecule has 140 valence electrons. The smallest absolute Gasteiger partial charge is 0.234 e. The molecule has 0 amide bonds. The average Bonchev–Trinajstić information content (AvgIpc) is 2.96. The van der Waals surface area contributed by atoms with Crippen LogP contribution in [0.15, 0.2) is 12.4 Å². The van der Waals surface area contributed by atoms with Gasteiger partial charge in [-0.25, -0.2) is 9.13 Å². The number of hydrogen-bond donors (Lipinski definition) is 0. The van der Waals surface area contributed by atoms with E-state index in [4.69, 9.17) is 0 Å². The predicted octanol–water partition coefficient (Wildman–Crippen LogP) is 6.45. The molecule has 0 aliphatic heterocycles. The van der Waals surface area contributed by atoms with E-state index in [9.17, 15) is 0 Å². The van der Waals surface area contributed by atoms with Crippen LogP contribution >= 0.6 is 0 Å². The van der Waals surface area contributed by atoms with Gasteiger partial charge in [0.05, 0.1) is 13.1 Å². The highest BCUT2D eigenvalue weighted by Crippen LogP contribution is 2.11. The molecule has 0 spiro atoms. The van der Waals surface area contributed by atoms with Crippen molar-refractivity contribution in [1.82, 2.24) is 4.57 Å². The lowest BCUT2D eigenvalue weighted by atomic mass is 10.1. The summed E-state index contributed by atoms with van der Waals surface area (Å²) in [5.74, 6) is 1.57. The van der Waals surface area contributed by atoms with Gasteiger partial charge in [-0.15, -0.1) is 0 Å². The Morgan fingerprint density at radius 3 is 1.92 bits per heavy atom. The highest BCUT2D eigenvalue weighted by Gasteiger charge is 2.15. The molecule has 0 saturated heterocycles. The number of unbranched alkanes of at least 4 members (excludes halogenated alkanes) is 10. The van der Waals surface area contributed by atoms with Gasteiger partial charge in [-0.2, -0.15) is 0 Å². The highest BCUT2D eigenvalue weighted by atomic mass is 15.1. The van der Waals surface area contributed by atoms with Crippen LogP contribution in [0.5, 0.6) is 0 Å². The Morgan fingerprint density at radius 1 is 0.708 bits per heavy atom. The Hall–Kier alpha value is -0.790. The maximum atomic E-state index is 2.54. The second-order valence-corrected chi connectivity index (χ2v) is 7.39. The Bertz CT molecular complexity index is 395. The van der Waals surface area contributed by atoms with Gasteiger partial charge in [0.25, 0.3) is 5.82 Å². The Kier molecular flexibility index (Phi) is 12.9. The SMILES string of the molecule is CCCCCCCCc1n(CCCCCCCC)cc[n+]1CCC. The third-order valence-corrected chi connectivity index (χ3v) is 5.06. The minimum absolute atomic E-state index is 1.18. The van der Waals surface area contributed by atoms with Gasteiger partial charge in [0, 0.05) is 6.42 Å². The Labute approximate surface area is 151 Å². The van der Waals surface area contributed by atoms with E-state index in [1.54, 1.807) is 5.82 Å². The van der Waals surface area contributed by atoms with Crippen molar-refractivity contribution in [1.29, 1.82) is 0 Å². The summed E-state index contributed by atoms with van der Waals surface area (Å²) in [7, 11) is 0. The van der Waals surface area contributed by atoms with Crippen LogP contribution in [-0.4, -0.2) is 4.57 Å². The van der Waals surface area contributed by atoms with Gasteiger partial charge in [0.1, 0.15) is 12.4 Å². The zero-order chi connectivity index (χ0) is 17.5. The lowest BCUT2D eigenvalue weighted by Crippen LogP contribution is -2.37. The molecule has 24 heavy (non-hydrogen) atoms. The topological polar surface area (TPSA) is 8.81 Å². The van der Waals surface area contributed by atoms with Gasteiger partial charge in [-0.3, -0.25) is 0 Å². The summed E-state index contributed by atoms with van der Waals surface area (Å²) >= 11 is 0. The second kappa shape index (κ2) is 14.5. The zero-order valence-corrected chi connectivity index (χ0v) is 16.9. The van der Waals surface area contributed by atoms with Crippen molar-refractivity contribution in [2.75, 3.05) is 0 Å². The third kappa shape index (κ3) is 8.89. The molecule has 0 aliphatic carbocycles. The number of rotatable bonds is 16. The van der Waals surface area contributed by atoms with Crippen LogP contribution < -0.4 is 4.57 Å². The van der Waals surface area contributed by atoms with Crippen molar-refractivity contribution in [3.8, 4) is 0 Å². The van der Waals surface area contributed by atoms with Gasteiger partial charge in [0.2, 0.25) is 0 Å². The average molecular weight is 336 g/mol. The molecule has 1 aromatic rings. The number of imidazole rings is 1. The second-order valence-electron chi connectivity index (χ2n) is 7.39. The molecule has 0 N–H and O–H groups in total. The molecule has 0 unspecified atom stereocenters. The molecule has 0 aromatic carbocycles. The molecule has 1 rings (SSSR count). The van der Waals surface area contributed by atoms with Crippen molar-refractivity contribution in [2.45, 2.75) is 124 Å². The Balaban J connectivity index is 2.37. The number of aromatic nitrogens is 2. The van der Waals surface area contributed by atoms with Crippen LogP contribution in [0.3, 0.4) is 0 Å². The quantitative estimate of drug-likeness (QED) is 0.242. The Morgan fingerprint density at radius 2 is 1.29 bits per heavy atom. The monoisotopic (exact) mass is 335 g/mol. The molecule has 0 atom stereocenters. The van der Waals surface area contributed by atoms with Crippen LogP contribution in [0, 0.1) is 0 Å². The lowest BCUT2D eigenvalue weighted by Gasteiger charge is -2.06. The molecule has 0 fully saturated rings. The van der Waals surface area contributed by atoms with Crippen molar-refractivity contribution >= 4 is 0 Å². The van der Waals surface area contributed by atoms with E-state index in [0.717, 1.165) is 0 Å². The molecule has 0 aliphatic rings. The molecule has 2 nitrogen and oxygen atoms in total. The van der Waals surface area contributed by atoms with E-state index < -0.39 is 0 Å². The minimum atomic E-state index is 1.18. The van der Waals surface area contributed by atoms with Gasteiger partial charge < -0.3 is 0 Å². The molecular weight excluding hydrogens is 292 g/mol. The molecule has 1 heterocycles. The summed E-state index contributed by atoms with van der Waals surface area (Å²) < 4.78 is 5.05. The van der Waals surface area contributed by atoms with Crippen LogP contribution in [0.4, 0.5) is 0 Å². The maximum absolute atomic E-state index is 2.54. The van der Waals surface area contributed by atoms with Gasteiger partial charge in [0.15, 0.2) is 0 Å². The van der Waals surface area contributed by atoms with E-state index in [-0.39, 0.29) is 0 Å². The highest BCUT2D eigenvalue weighted by molar-refractivity contribution is 4.84. The molecule has 1 aromatic heterocycles. The van der Waals surface area contributed by atoms with Crippen molar-refractivity contribution in [2.24, 2.45) is 0 Å². The van der Waals surface area contributed by atoms with Crippen LogP contribution in [0.2, 0.25) is 0 Å². The van der Waals surface area contributed by atoms with Gasteiger partial charge >= 0.3 is 0 Å². The van der Waals surface area contributed by atoms with E-state index in [1.165, 1.54) is 103 Å². The largest absolute Gasteiger partial charge is 0.256 e. The molecule has 2 heteroatoms. The fourth-order valence-electron chi connectivity index (χ4n) is 3.56. The molecule has 0 bridgehead atoms. The molecule has 0 radical (unpaired) electrons. The molecule has 0 saturated carbocycles. The summed E-state index contributed by atoms with van der Waals surface area (Å²) in [4.78, 5) is 0. The fraction of sp³-hybridized carbons (Fsp3) is 0.864. The molecular formula is C22H43N2+. The maximum Gasteiger partial charge on any atom is 0.256 e. The first-order chi connectivity index (χ1) is 11.8. The van der Waals surface area contributed by atoms with E-state index >= 15 is 0 Å². The summed E-state index contributed by atoms with van der Waals surface area (Å²) in [5, 5.41) is 0. The summed E-state index contributed by atoms with van der Waals surface area (Å²) in [5.41, 5.74) is 0. The van der Waals surface area contributed by atoms with Crippen molar-refractivity contribution in [3.63, 3.8) is 0 Å². The van der Waals surface area contributed by atoms with Crippen molar-refractivity contribution < 1.29 is 4.57 Å². The fourth-order valence-corrected chi connectivity index (χ4v) is 3.56. The number of nitrogens with zero attached hydrogens (tertiary/aromatic N) is 2. The minimum Gasteiger partial charge on any atom is -0.234 e. The first-order valence-corrected chi connectivity index (χ1v) is 10.9. The van der Waals surface area contributed by atoms with E-state index in [0.29, 0.717) is 0 Å². The third-order valence-electron chi connectivity index (χ3n) is 5.06. The summed E-state index contributed by atoms with van der Waals surface area (Å²) in [6.45, 7) is 9.26. The van der Waals surface area contributed by atoms with Crippen molar-refractivity contribution in [3.05, 3.63) is 18.2 Å². The van der Waals surface area contributed by atoms with Gasteiger partial charge in [-0.1, -0.05) is 78.6 Å². The summed E-state index contributed by atoms with van der Waals surface area (Å²) in [6, 6.07) is 0.